The van der Waals surface area contributed by atoms with Crippen LogP contribution in [-0.4, -0.2) is 26.1 Å². The van der Waals surface area contributed by atoms with Gasteiger partial charge in [0.1, 0.15) is 5.82 Å². The zero-order valence-corrected chi connectivity index (χ0v) is 8.52. The first-order valence-electron chi connectivity index (χ1n) is 4.20. The van der Waals surface area contributed by atoms with Gasteiger partial charge in [-0.1, -0.05) is 22.9 Å². The van der Waals surface area contributed by atoms with Gasteiger partial charge in [0, 0.05) is 0 Å². The van der Waals surface area contributed by atoms with Gasteiger partial charge in [0.15, 0.2) is 5.15 Å². The summed E-state index contributed by atoms with van der Waals surface area (Å²) >= 11 is 5.74. The van der Waals surface area contributed by atoms with Crippen LogP contribution >= 0.6 is 11.6 Å². The van der Waals surface area contributed by atoms with Crippen molar-refractivity contribution in [3.63, 3.8) is 0 Å². The van der Waals surface area contributed by atoms with Gasteiger partial charge in [-0.25, -0.2) is 13.9 Å². The van der Waals surface area contributed by atoms with Crippen molar-refractivity contribution in [3.05, 3.63) is 40.9 Å². The molecule has 0 saturated heterocycles. The van der Waals surface area contributed by atoms with Crippen LogP contribution in [-0.2, 0) is 0 Å². The van der Waals surface area contributed by atoms with Crippen LogP contribution in [0.15, 0.2) is 24.3 Å². The standard InChI is InChI=1S/C9H5ClFN3O2/c10-8-7(9(15)16)12-13-14(8)6-3-1-2-5(11)4-6/h1-4H,(H,15,16). The highest BCUT2D eigenvalue weighted by Gasteiger charge is 2.17. The molecule has 1 heterocycles. The van der Waals surface area contributed by atoms with Gasteiger partial charge in [-0.3, -0.25) is 0 Å². The molecular formula is C9H5ClFN3O2. The fourth-order valence-corrected chi connectivity index (χ4v) is 1.42. The third-order valence-corrected chi connectivity index (χ3v) is 2.21. The molecule has 0 fully saturated rings. The van der Waals surface area contributed by atoms with E-state index in [9.17, 15) is 9.18 Å². The molecule has 0 bridgehead atoms. The predicted octanol–water partition coefficient (Wildman–Crippen LogP) is 1.76. The molecule has 0 atom stereocenters. The van der Waals surface area contributed by atoms with Crippen molar-refractivity contribution in [1.82, 2.24) is 15.0 Å². The quantitative estimate of drug-likeness (QED) is 0.870. The van der Waals surface area contributed by atoms with E-state index in [1.807, 2.05) is 0 Å². The van der Waals surface area contributed by atoms with Gasteiger partial charge >= 0.3 is 5.97 Å². The van der Waals surface area contributed by atoms with E-state index in [2.05, 4.69) is 10.3 Å². The molecule has 82 valence electrons. The largest absolute Gasteiger partial charge is 0.476 e. The van der Waals surface area contributed by atoms with Gasteiger partial charge in [0.05, 0.1) is 5.69 Å². The van der Waals surface area contributed by atoms with Crippen LogP contribution in [0.25, 0.3) is 5.69 Å². The molecule has 0 aliphatic rings. The van der Waals surface area contributed by atoms with E-state index in [-0.39, 0.29) is 10.8 Å². The normalized spacial score (nSPS) is 10.4. The Balaban J connectivity index is 2.53. The van der Waals surface area contributed by atoms with Crippen molar-refractivity contribution in [2.24, 2.45) is 0 Å². The molecule has 5 nitrogen and oxygen atoms in total. The number of hydrogen-bond donors (Lipinski definition) is 1. The van der Waals surface area contributed by atoms with Crippen molar-refractivity contribution in [3.8, 4) is 5.69 Å². The smallest absolute Gasteiger partial charge is 0.359 e. The summed E-state index contributed by atoms with van der Waals surface area (Å²) in [5, 5.41) is 15.5. The summed E-state index contributed by atoms with van der Waals surface area (Å²) in [5.41, 5.74) is -0.0593. The number of nitrogens with zero attached hydrogens (tertiary/aromatic N) is 3. The van der Waals surface area contributed by atoms with Gasteiger partial charge in [-0.2, -0.15) is 0 Å². The van der Waals surface area contributed by atoms with Gasteiger partial charge in [-0.15, -0.1) is 5.10 Å². The Kier molecular flexibility index (Phi) is 2.57. The summed E-state index contributed by atoms with van der Waals surface area (Å²) in [5.74, 6) is -1.76. The van der Waals surface area contributed by atoms with E-state index in [0.717, 1.165) is 4.68 Å². The van der Waals surface area contributed by atoms with Gasteiger partial charge in [-0.05, 0) is 18.2 Å². The van der Waals surface area contributed by atoms with E-state index in [1.54, 1.807) is 0 Å². The third-order valence-electron chi connectivity index (χ3n) is 1.87. The lowest BCUT2D eigenvalue weighted by Crippen LogP contribution is -1.99. The monoisotopic (exact) mass is 241 g/mol. The molecule has 0 spiro atoms. The number of hydrogen-bond acceptors (Lipinski definition) is 3. The second-order valence-electron chi connectivity index (χ2n) is 2.93. The highest BCUT2D eigenvalue weighted by atomic mass is 35.5. The molecule has 1 aromatic carbocycles. The van der Waals surface area contributed by atoms with Crippen molar-refractivity contribution < 1.29 is 14.3 Å². The molecule has 1 aromatic heterocycles. The van der Waals surface area contributed by atoms with Crippen LogP contribution in [0, 0.1) is 5.82 Å². The second kappa shape index (κ2) is 3.90. The summed E-state index contributed by atoms with van der Waals surface area (Å²) < 4.78 is 14.0. The van der Waals surface area contributed by atoms with Gasteiger partial charge < -0.3 is 5.11 Å². The molecule has 0 saturated carbocycles. The molecule has 0 aliphatic heterocycles. The molecule has 2 rings (SSSR count). The number of rotatable bonds is 2. The number of carboxylic acid groups (broad SMARTS) is 1. The number of carboxylic acids is 1. The Morgan fingerprint density at radius 2 is 2.25 bits per heavy atom. The number of halogens is 2. The van der Waals surface area contributed by atoms with Crippen molar-refractivity contribution >= 4 is 17.6 Å². The van der Waals surface area contributed by atoms with E-state index in [4.69, 9.17) is 16.7 Å². The van der Waals surface area contributed by atoms with Crippen molar-refractivity contribution in [2.45, 2.75) is 0 Å². The molecule has 16 heavy (non-hydrogen) atoms. The Labute approximate surface area is 94.1 Å². The zero-order chi connectivity index (χ0) is 11.7. The summed E-state index contributed by atoms with van der Waals surface area (Å²) in [4.78, 5) is 10.7. The fraction of sp³-hybridized carbons (Fsp3) is 0. The lowest BCUT2D eigenvalue weighted by molar-refractivity contribution is 0.0690. The first kappa shape index (κ1) is 10.6. The molecule has 0 aliphatic carbocycles. The van der Waals surface area contributed by atoms with E-state index < -0.39 is 11.8 Å². The Bertz CT molecular complexity index is 555. The van der Waals surface area contributed by atoms with Crippen LogP contribution in [0.1, 0.15) is 10.5 Å². The van der Waals surface area contributed by atoms with Crippen LogP contribution in [0.3, 0.4) is 0 Å². The molecule has 1 N–H and O–H groups in total. The van der Waals surface area contributed by atoms with Crippen molar-refractivity contribution in [1.29, 1.82) is 0 Å². The molecule has 0 amide bonds. The fourth-order valence-electron chi connectivity index (χ4n) is 1.17. The zero-order valence-electron chi connectivity index (χ0n) is 7.76. The lowest BCUT2D eigenvalue weighted by atomic mass is 10.3. The maximum Gasteiger partial charge on any atom is 0.359 e. The van der Waals surface area contributed by atoms with Crippen LogP contribution in [0.2, 0.25) is 5.15 Å². The molecular weight excluding hydrogens is 237 g/mol. The number of carbonyl (C=O) groups is 1. The molecule has 0 radical (unpaired) electrons. The van der Waals surface area contributed by atoms with Crippen molar-refractivity contribution in [2.75, 3.05) is 0 Å². The first-order valence-corrected chi connectivity index (χ1v) is 4.58. The van der Waals surface area contributed by atoms with Crippen LogP contribution < -0.4 is 0 Å². The highest BCUT2D eigenvalue weighted by molar-refractivity contribution is 6.32. The van der Waals surface area contributed by atoms with Gasteiger partial charge in [0.2, 0.25) is 5.69 Å². The first-order chi connectivity index (χ1) is 7.59. The van der Waals surface area contributed by atoms with E-state index in [1.165, 1.54) is 24.3 Å². The van der Waals surface area contributed by atoms with E-state index in [0.29, 0.717) is 5.69 Å². The highest BCUT2D eigenvalue weighted by Crippen LogP contribution is 2.18. The minimum absolute atomic E-state index is 0.168. The Hall–Kier alpha value is -1.95. The minimum atomic E-state index is -1.28. The van der Waals surface area contributed by atoms with Crippen LogP contribution in [0.4, 0.5) is 4.39 Å². The average Bonchev–Trinajstić information content (AvgIpc) is 2.60. The third kappa shape index (κ3) is 1.74. The second-order valence-corrected chi connectivity index (χ2v) is 3.28. The Morgan fingerprint density at radius 3 is 2.81 bits per heavy atom. The number of aromatic nitrogens is 3. The van der Waals surface area contributed by atoms with Gasteiger partial charge in [0.25, 0.3) is 0 Å². The predicted molar refractivity (Wildman–Crippen MR) is 53.3 cm³/mol. The minimum Gasteiger partial charge on any atom is -0.476 e. The summed E-state index contributed by atoms with van der Waals surface area (Å²) in [6.45, 7) is 0. The topological polar surface area (TPSA) is 68.0 Å². The maximum absolute atomic E-state index is 12.9. The van der Waals surface area contributed by atoms with E-state index >= 15 is 0 Å². The molecule has 0 unspecified atom stereocenters. The average molecular weight is 242 g/mol. The summed E-state index contributed by atoms with van der Waals surface area (Å²) in [6, 6.07) is 5.43. The summed E-state index contributed by atoms with van der Waals surface area (Å²) in [7, 11) is 0. The lowest BCUT2D eigenvalue weighted by Gasteiger charge is -2.00. The van der Waals surface area contributed by atoms with Crippen LogP contribution in [0.5, 0.6) is 0 Å². The maximum atomic E-state index is 12.9. The number of benzene rings is 1. The Morgan fingerprint density at radius 1 is 1.50 bits per heavy atom. The SMILES string of the molecule is O=C(O)c1nnn(-c2cccc(F)c2)c1Cl. The number of aromatic carboxylic acids is 1. The molecule has 7 heteroatoms. The summed E-state index contributed by atoms with van der Waals surface area (Å²) in [6.07, 6.45) is 0. The molecule has 2 aromatic rings.